The minimum Gasteiger partial charge on any atom is -0.495 e. The van der Waals surface area contributed by atoms with Crippen LogP contribution in [0.25, 0.3) is 0 Å². The van der Waals surface area contributed by atoms with E-state index in [0.29, 0.717) is 35.2 Å². The molecule has 1 unspecified atom stereocenters. The standard InChI is InChI=1S/C15H19ClN2O5/c1-15(13(19)20)4-5-18(8-15)14(21)17-9-6-10(22-2)12(16)11(7-9)23-3/h6-7H,4-5,8H2,1-3H3,(H,17,21)(H,19,20). The summed E-state index contributed by atoms with van der Waals surface area (Å²) in [4.78, 5) is 25.0. The van der Waals surface area contributed by atoms with E-state index in [0.717, 1.165) is 0 Å². The molecule has 1 saturated heterocycles. The molecule has 23 heavy (non-hydrogen) atoms. The molecule has 0 radical (unpaired) electrons. The van der Waals surface area contributed by atoms with Gasteiger partial charge >= 0.3 is 12.0 Å². The van der Waals surface area contributed by atoms with Crippen molar-refractivity contribution in [2.24, 2.45) is 5.41 Å². The number of hydrogen-bond donors (Lipinski definition) is 2. The van der Waals surface area contributed by atoms with Gasteiger partial charge < -0.3 is 24.8 Å². The molecule has 7 nitrogen and oxygen atoms in total. The first kappa shape index (κ1) is 17.2. The number of ether oxygens (including phenoxy) is 2. The van der Waals surface area contributed by atoms with Crippen molar-refractivity contribution < 1.29 is 24.2 Å². The fourth-order valence-electron chi connectivity index (χ4n) is 2.45. The van der Waals surface area contributed by atoms with Crippen molar-refractivity contribution in [1.82, 2.24) is 4.90 Å². The molecule has 1 fully saturated rings. The smallest absolute Gasteiger partial charge is 0.321 e. The van der Waals surface area contributed by atoms with Crippen LogP contribution in [-0.2, 0) is 4.79 Å². The number of aliphatic carboxylic acids is 1. The summed E-state index contributed by atoms with van der Waals surface area (Å²) < 4.78 is 10.3. The van der Waals surface area contributed by atoms with E-state index in [1.54, 1.807) is 19.1 Å². The maximum Gasteiger partial charge on any atom is 0.321 e. The van der Waals surface area contributed by atoms with Gasteiger partial charge in [0.05, 0.1) is 19.6 Å². The monoisotopic (exact) mass is 342 g/mol. The number of likely N-dealkylation sites (tertiary alicyclic amines) is 1. The molecule has 1 aromatic carbocycles. The van der Waals surface area contributed by atoms with Gasteiger partial charge in [-0.1, -0.05) is 11.6 Å². The summed E-state index contributed by atoms with van der Waals surface area (Å²) in [5.41, 5.74) is -0.454. The summed E-state index contributed by atoms with van der Waals surface area (Å²) in [6.45, 7) is 2.18. The number of nitrogens with one attached hydrogen (secondary N) is 1. The molecule has 2 N–H and O–H groups in total. The van der Waals surface area contributed by atoms with Crippen LogP contribution in [0.1, 0.15) is 13.3 Å². The molecule has 1 aliphatic rings. The average molecular weight is 343 g/mol. The molecule has 1 atom stereocenters. The first-order valence-electron chi connectivity index (χ1n) is 7.01. The maximum atomic E-state index is 12.3. The van der Waals surface area contributed by atoms with Crippen LogP contribution in [0.5, 0.6) is 11.5 Å². The van der Waals surface area contributed by atoms with Gasteiger partial charge in [-0.2, -0.15) is 0 Å². The molecule has 1 aliphatic heterocycles. The lowest BCUT2D eigenvalue weighted by atomic mass is 9.90. The summed E-state index contributed by atoms with van der Waals surface area (Å²) in [5.74, 6) is -0.154. The van der Waals surface area contributed by atoms with E-state index in [1.807, 2.05) is 0 Å². The largest absolute Gasteiger partial charge is 0.495 e. The number of carbonyl (C=O) groups is 2. The minimum atomic E-state index is -0.910. The average Bonchev–Trinajstić information content (AvgIpc) is 2.93. The van der Waals surface area contributed by atoms with Gasteiger partial charge in [0.15, 0.2) is 0 Å². The van der Waals surface area contributed by atoms with Crippen LogP contribution < -0.4 is 14.8 Å². The Labute approximate surface area is 139 Å². The van der Waals surface area contributed by atoms with Gasteiger partial charge in [0.25, 0.3) is 0 Å². The van der Waals surface area contributed by atoms with Gasteiger partial charge in [-0.15, -0.1) is 0 Å². The first-order valence-corrected chi connectivity index (χ1v) is 7.39. The second-order valence-corrected chi connectivity index (χ2v) is 6.04. The number of benzene rings is 1. The Kier molecular flexibility index (Phi) is 4.89. The van der Waals surface area contributed by atoms with E-state index in [1.165, 1.54) is 19.1 Å². The summed E-state index contributed by atoms with van der Waals surface area (Å²) in [7, 11) is 2.93. The third kappa shape index (κ3) is 3.44. The number of hydrogen-bond acceptors (Lipinski definition) is 4. The molecule has 0 aliphatic carbocycles. The Morgan fingerprint density at radius 1 is 1.30 bits per heavy atom. The number of nitrogens with zero attached hydrogens (tertiary/aromatic N) is 1. The molecule has 1 heterocycles. The summed E-state index contributed by atoms with van der Waals surface area (Å²) in [5, 5.41) is 12.2. The molecule has 0 bridgehead atoms. The highest BCUT2D eigenvalue weighted by Gasteiger charge is 2.42. The van der Waals surface area contributed by atoms with Crippen molar-refractivity contribution in [2.45, 2.75) is 13.3 Å². The Bertz CT molecular complexity index is 611. The van der Waals surface area contributed by atoms with Crippen molar-refractivity contribution in [1.29, 1.82) is 0 Å². The van der Waals surface area contributed by atoms with Gasteiger partial charge in [0, 0.05) is 30.9 Å². The predicted molar refractivity (Wildman–Crippen MR) is 85.5 cm³/mol. The third-order valence-electron chi connectivity index (χ3n) is 3.97. The van der Waals surface area contributed by atoms with Crippen LogP contribution in [0.4, 0.5) is 10.5 Å². The molecule has 2 rings (SSSR count). The highest BCUT2D eigenvalue weighted by molar-refractivity contribution is 6.33. The van der Waals surface area contributed by atoms with Crippen LogP contribution >= 0.6 is 11.6 Å². The molecule has 8 heteroatoms. The lowest BCUT2D eigenvalue weighted by molar-refractivity contribution is -0.146. The number of urea groups is 1. The number of rotatable bonds is 4. The quantitative estimate of drug-likeness (QED) is 0.878. The zero-order valence-corrected chi connectivity index (χ0v) is 13.9. The van der Waals surface area contributed by atoms with E-state index < -0.39 is 11.4 Å². The van der Waals surface area contributed by atoms with Crippen molar-refractivity contribution in [3.8, 4) is 11.5 Å². The molecule has 0 saturated carbocycles. The van der Waals surface area contributed by atoms with Crippen molar-refractivity contribution in [2.75, 3.05) is 32.6 Å². The highest BCUT2D eigenvalue weighted by atomic mass is 35.5. The predicted octanol–water partition coefficient (Wildman–Crippen LogP) is 2.69. The molecule has 126 valence electrons. The van der Waals surface area contributed by atoms with Crippen molar-refractivity contribution in [3.05, 3.63) is 17.2 Å². The Balaban J connectivity index is 2.14. The Morgan fingerprint density at radius 2 is 1.87 bits per heavy atom. The topological polar surface area (TPSA) is 88.1 Å². The number of anilines is 1. The molecule has 0 aromatic heterocycles. The van der Waals surface area contributed by atoms with Crippen LogP contribution in [0.2, 0.25) is 5.02 Å². The third-order valence-corrected chi connectivity index (χ3v) is 4.35. The molecular weight excluding hydrogens is 324 g/mol. The SMILES string of the molecule is COc1cc(NC(=O)N2CCC(C)(C(=O)O)C2)cc(OC)c1Cl. The number of carboxylic acid groups (broad SMARTS) is 1. The van der Waals surface area contributed by atoms with Crippen LogP contribution in [0, 0.1) is 5.41 Å². The van der Waals surface area contributed by atoms with Crippen molar-refractivity contribution in [3.63, 3.8) is 0 Å². The van der Waals surface area contributed by atoms with E-state index in [-0.39, 0.29) is 12.6 Å². The van der Waals surface area contributed by atoms with E-state index >= 15 is 0 Å². The summed E-state index contributed by atoms with van der Waals surface area (Å²) in [6, 6.07) is 2.78. The lowest BCUT2D eigenvalue weighted by Gasteiger charge is -2.21. The van der Waals surface area contributed by atoms with Gasteiger partial charge in [-0.05, 0) is 13.3 Å². The second-order valence-electron chi connectivity index (χ2n) is 5.66. The van der Waals surface area contributed by atoms with Crippen LogP contribution in [-0.4, -0.2) is 49.3 Å². The van der Waals surface area contributed by atoms with Gasteiger partial charge in [0.1, 0.15) is 16.5 Å². The zero-order valence-electron chi connectivity index (χ0n) is 13.2. The van der Waals surface area contributed by atoms with Gasteiger partial charge in [-0.3, -0.25) is 4.79 Å². The first-order chi connectivity index (χ1) is 10.8. The van der Waals surface area contributed by atoms with Crippen LogP contribution in [0.15, 0.2) is 12.1 Å². The molecule has 2 amide bonds. The van der Waals surface area contributed by atoms with Crippen LogP contribution in [0.3, 0.4) is 0 Å². The second kappa shape index (κ2) is 6.54. The fraction of sp³-hybridized carbons (Fsp3) is 0.467. The molecule has 1 aromatic rings. The number of methoxy groups -OCH3 is 2. The lowest BCUT2D eigenvalue weighted by Crippen LogP contribution is -2.37. The Morgan fingerprint density at radius 3 is 2.30 bits per heavy atom. The Hall–Kier alpha value is -2.15. The van der Waals surface area contributed by atoms with E-state index in [4.69, 9.17) is 21.1 Å². The van der Waals surface area contributed by atoms with Gasteiger partial charge in [0.2, 0.25) is 0 Å². The van der Waals surface area contributed by atoms with Gasteiger partial charge in [-0.25, -0.2) is 4.79 Å². The fourth-order valence-corrected chi connectivity index (χ4v) is 2.72. The number of carbonyl (C=O) groups excluding carboxylic acids is 1. The number of amides is 2. The maximum absolute atomic E-state index is 12.3. The van der Waals surface area contributed by atoms with Crippen molar-refractivity contribution >= 4 is 29.3 Å². The normalized spacial score (nSPS) is 20.3. The molecular formula is C15H19ClN2O5. The summed E-state index contributed by atoms with van der Waals surface area (Å²) in [6.07, 6.45) is 0.420. The number of halogens is 1. The minimum absolute atomic E-state index is 0.163. The number of carboxylic acids is 1. The summed E-state index contributed by atoms with van der Waals surface area (Å²) >= 11 is 6.08. The van der Waals surface area contributed by atoms with E-state index in [2.05, 4.69) is 5.32 Å². The zero-order chi connectivity index (χ0) is 17.2. The van der Waals surface area contributed by atoms with E-state index in [9.17, 15) is 14.7 Å². The highest BCUT2D eigenvalue weighted by Crippen LogP contribution is 2.37. The molecule has 0 spiro atoms.